The zero-order valence-electron chi connectivity index (χ0n) is 11.0. The van der Waals surface area contributed by atoms with Gasteiger partial charge in [0.05, 0.1) is 12.2 Å². The molecule has 0 aliphatic carbocycles. The number of ether oxygens (including phenoxy) is 1. The maximum Gasteiger partial charge on any atom is 0.338 e. The van der Waals surface area contributed by atoms with E-state index in [1.165, 1.54) is 0 Å². The topological polar surface area (TPSA) is 46.5 Å². The van der Waals surface area contributed by atoms with Crippen molar-refractivity contribution >= 4 is 5.97 Å². The van der Waals surface area contributed by atoms with Gasteiger partial charge in [0, 0.05) is 5.56 Å². The lowest BCUT2D eigenvalue weighted by atomic mass is 9.99. The minimum absolute atomic E-state index is 0.101. The molecule has 3 heteroatoms. The standard InChI is InChI=1S/C16H16O3/c1-3-19-16(18)14-9-13(10-15(17)11(14)2)12-7-5-4-6-8-12/h4-10,17H,3H2,1-2H3. The van der Waals surface area contributed by atoms with Crippen LogP contribution in [0.4, 0.5) is 0 Å². The third-order valence-corrected chi connectivity index (χ3v) is 2.98. The summed E-state index contributed by atoms with van der Waals surface area (Å²) in [4.78, 5) is 11.9. The van der Waals surface area contributed by atoms with Crippen molar-refractivity contribution in [3.8, 4) is 16.9 Å². The molecule has 98 valence electrons. The van der Waals surface area contributed by atoms with Gasteiger partial charge in [0.1, 0.15) is 5.75 Å². The van der Waals surface area contributed by atoms with E-state index >= 15 is 0 Å². The summed E-state index contributed by atoms with van der Waals surface area (Å²) in [7, 11) is 0. The Hall–Kier alpha value is -2.29. The highest BCUT2D eigenvalue weighted by Crippen LogP contribution is 2.29. The van der Waals surface area contributed by atoms with Crippen LogP contribution >= 0.6 is 0 Å². The van der Waals surface area contributed by atoms with Crippen molar-refractivity contribution in [2.45, 2.75) is 13.8 Å². The fourth-order valence-electron chi connectivity index (χ4n) is 1.92. The summed E-state index contributed by atoms with van der Waals surface area (Å²) in [6.45, 7) is 3.78. The van der Waals surface area contributed by atoms with Crippen molar-refractivity contribution in [1.29, 1.82) is 0 Å². The normalized spacial score (nSPS) is 10.2. The molecule has 0 amide bonds. The van der Waals surface area contributed by atoms with Crippen LogP contribution in [0.5, 0.6) is 5.75 Å². The quantitative estimate of drug-likeness (QED) is 0.854. The Morgan fingerprint density at radius 1 is 1.16 bits per heavy atom. The van der Waals surface area contributed by atoms with E-state index < -0.39 is 5.97 Å². The molecule has 2 aromatic rings. The molecule has 0 aliphatic heterocycles. The van der Waals surface area contributed by atoms with Crippen LogP contribution in [0.2, 0.25) is 0 Å². The first-order valence-corrected chi connectivity index (χ1v) is 6.19. The van der Waals surface area contributed by atoms with Crippen LogP contribution in [-0.4, -0.2) is 17.7 Å². The first kappa shape index (κ1) is 13.1. The monoisotopic (exact) mass is 256 g/mol. The Morgan fingerprint density at radius 2 is 1.84 bits per heavy atom. The second-order valence-corrected chi connectivity index (χ2v) is 4.25. The molecule has 2 aromatic carbocycles. The fourth-order valence-corrected chi connectivity index (χ4v) is 1.92. The van der Waals surface area contributed by atoms with E-state index in [1.54, 1.807) is 26.0 Å². The Kier molecular flexibility index (Phi) is 3.85. The van der Waals surface area contributed by atoms with Crippen molar-refractivity contribution in [1.82, 2.24) is 0 Å². The molecule has 0 aliphatic rings. The third-order valence-electron chi connectivity index (χ3n) is 2.98. The number of esters is 1. The highest BCUT2D eigenvalue weighted by molar-refractivity contribution is 5.93. The largest absolute Gasteiger partial charge is 0.508 e. The van der Waals surface area contributed by atoms with E-state index in [2.05, 4.69) is 0 Å². The summed E-state index contributed by atoms with van der Waals surface area (Å²) in [6.07, 6.45) is 0. The first-order valence-electron chi connectivity index (χ1n) is 6.19. The number of aromatic hydroxyl groups is 1. The summed E-state index contributed by atoms with van der Waals surface area (Å²) < 4.78 is 5.00. The lowest BCUT2D eigenvalue weighted by Crippen LogP contribution is -2.07. The smallest absolute Gasteiger partial charge is 0.338 e. The highest BCUT2D eigenvalue weighted by atomic mass is 16.5. The van der Waals surface area contributed by atoms with E-state index in [0.717, 1.165) is 11.1 Å². The van der Waals surface area contributed by atoms with E-state index in [-0.39, 0.29) is 5.75 Å². The van der Waals surface area contributed by atoms with Crippen molar-refractivity contribution in [2.24, 2.45) is 0 Å². The maximum absolute atomic E-state index is 11.9. The van der Waals surface area contributed by atoms with Crippen LogP contribution in [0.15, 0.2) is 42.5 Å². The molecule has 0 aromatic heterocycles. The third kappa shape index (κ3) is 2.76. The van der Waals surface area contributed by atoms with Crippen LogP contribution in [0.3, 0.4) is 0 Å². The number of hydrogen-bond donors (Lipinski definition) is 1. The molecule has 19 heavy (non-hydrogen) atoms. The number of phenols is 1. The minimum atomic E-state index is -0.409. The molecule has 0 fully saturated rings. The van der Waals surface area contributed by atoms with E-state index in [0.29, 0.717) is 17.7 Å². The van der Waals surface area contributed by atoms with E-state index in [9.17, 15) is 9.90 Å². The van der Waals surface area contributed by atoms with E-state index in [1.807, 2.05) is 30.3 Å². The van der Waals surface area contributed by atoms with Crippen LogP contribution in [0.25, 0.3) is 11.1 Å². The average molecular weight is 256 g/mol. The van der Waals surface area contributed by atoms with Crippen molar-refractivity contribution in [3.63, 3.8) is 0 Å². The van der Waals surface area contributed by atoms with Gasteiger partial charge in [-0.3, -0.25) is 0 Å². The number of benzene rings is 2. The molecular weight excluding hydrogens is 240 g/mol. The van der Waals surface area contributed by atoms with Gasteiger partial charge in [0.25, 0.3) is 0 Å². The van der Waals surface area contributed by atoms with Crippen molar-refractivity contribution < 1.29 is 14.6 Å². The molecule has 0 unspecified atom stereocenters. The lowest BCUT2D eigenvalue weighted by Gasteiger charge is -2.10. The van der Waals surface area contributed by atoms with Gasteiger partial charge in [-0.1, -0.05) is 30.3 Å². The zero-order valence-corrected chi connectivity index (χ0v) is 11.0. The SMILES string of the molecule is CCOC(=O)c1cc(-c2ccccc2)cc(O)c1C. The molecule has 0 heterocycles. The van der Waals surface area contributed by atoms with Crippen LogP contribution in [-0.2, 0) is 4.74 Å². The van der Waals surface area contributed by atoms with Crippen LogP contribution in [0, 0.1) is 6.92 Å². The second kappa shape index (κ2) is 5.57. The summed E-state index contributed by atoms with van der Waals surface area (Å²) in [6, 6.07) is 13.0. The van der Waals surface area contributed by atoms with Gasteiger partial charge >= 0.3 is 5.97 Å². The highest BCUT2D eigenvalue weighted by Gasteiger charge is 2.15. The predicted molar refractivity (Wildman–Crippen MR) is 74.2 cm³/mol. The van der Waals surface area contributed by atoms with Crippen LogP contribution in [0.1, 0.15) is 22.8 Å². The molecule has 0 radical (unpaired) electrons. The second-order valence-electron chi connectivity index (χ2n) is 4.25. The number of carbonyl (C=O) groups excluding carboxylic acids is 1. The molecule has 1 N–H and O–H groups in total. The average Bonchev–Trinajstić information content (AvgIpc) is 2.43. The molecule has 0 saturated heterocycles. The summed E-state index contributed by atoms with van der Waals surface area (Å²) in [5.41, 5.74) is 2.69. The maximum atomic E-state index is 11.9. The first-order chi connectivity index (χ1) is 9.13. The fraction of sp³-hybridized carbons (Fsp3) is 0.188. The van der Waals surface area contributed by atoms with Crippen molar-refractivity contribution in [3.05, 3.63) is 53.6 Å². The number of hydrogen-bond acceptors (Lipinski definition) is 3. The van der Waals surface area contributed by atoms with Gasteiger partial charge in [-0.2, -0.15) is 0 Å². The molecule has 0 atom stereocenters. The van der Waals surface area contributed by atoms with Crippen molar-refractivity contribution in [2.75, 3.05) is 6.61 Å². The Labute approximate surface area is 112 Å². The van der Waals surface area contributed by atoms with Gasteiger partial charge < -0.3 is 9.84 Å². The van der Waals surface area contributed by atoms with Gasteiger partial charge in [-0.15, -0.1) is 0 Å². The summed E-state index contributed by atoms with van der Waals surface area (Å²) >= 11 is 0. The van der Waals surface area contributed by atoms with Gasteiger partial charge in [0.15, 0.2) is 0 Å². The number of carbonyl (C=O) groups is 1. The van der Waals surface area contributed by atoms with Gasteiger partial charge in [0.2, 0.25) is 0 Å². The van der Waals surface area contributed by atoms with E-state index in [4.69, 9.17) is 4.74 Å². The summed E-state index contributed by atoms with van der Waals surface area (Å²) in [5, 5.41) is 9.95. The predicted octanol–water partition coefficient (Wildman–Crippen LogP) is 3.54. The van der Waals surface area contributed by atoms with Gasteiger partial charge in [-0.25, -0.2) is 4.79 Å². The molecular formula is C16H16O3. The zero-order chi connectivity index (χ0) is 13.8. The Morgan fingerprint density at radius 3 is 2.47 bits per heavy atom. The van der Waals surface area contributed by atoms with Gasteiger partial charge in [-0.05, 0) is 37.1 Å². The molecule has 3 nitrogen and oxygen atoms in total. The Balaban J connectivity index is 2.51. The molecule has 0 saturated carbocycles. The molecule has 0 spiro atoms. The number of phenolic OH excluding ortho intramolecular Hbond substituents is 1. The summed E-state index contributed by atoms with van der Waals surface area (Å²) in [5.74, 6) is -0.308. The lowest BCUT2D eigenvalue weighted by molar-refractivity contribution is 0.0525. The minimum Gasteiger partial charge on any atom is -0.508 e. The number of rotatable bonds is 3. The molecule has 2 rings (SSSR count). The Bertz CT molecular complexity index is 588. The van der Waals surface area contributed by atoms with Crippen LogP contribution < -0.4 is 0 Å². The molecule has 0 bridgehead atoms.